The summed E-state index contributed by atoms with van der Waals surface area (Å²) in [6.45, 7) is 5.30. The van der Waals surface area contributed by atoms with Crippen molar-refractivity contribution in [1.82, 2.24) is 15.5 Å². The lowest BCUT2D eigenvalue weighted by Gasteiger charge is -2.65. The first kappa shape index (κ1) is 40.7. The number of nitrogens with one attached hydrogen (secondary N) is 2. The fraction of sp³-hybridized carbons (Fsp3) is 0.763. The lowest BCUT2D eigenvalue weighted by molar-refractivity contribution is -0.242. The smallest absolute Gasteiger partial charge is 0.458 e. The second-order valence-corrected chi connectivity index (χ2v) is 17.9. The van der Waals surface area contributed by atoms with Crippen LogP contribution < -0.4 is 10.6 Å². The van der Waals surface area contributed by atoms with E-state index in [1.807, 2.05) is 6.92 Å². The van der Waals surface area contributed by atoms with E-state index >= 15 is 0 Å². The van der Waals surface area contributed by atoms with Gasteiger partial charge in [-0.05, 0) is 98.9 Å². The molecule has 0 aromatic heterocycles. The van der Waals surface area contributed by atoms with Crippen molar-refractivity contribution in [3.8, 4) is 0 Å². The van der Waals surface area contributed by atoms with Gasteiger partial charge in [-0.25, -0.2) is 9.36 Å². The van der Waals surface area contributed by atoms with Crippen molar-refractivity contribution in [3.63, 3.8) is 0 Å². The van der Waals surface area contributed by atoms with E-state index in [-0.39, 0.29) is 73.2 Å². The van der Waals surface area contributed by atoms with Crippen LogP contribution in [0.5, 0.6) is 0 Å². The van der Waals surface area contributed by atoms with E-state index in [1.165, 1.54) is 18.2 Å². The number of rotatable bonds is 16. The molecule has 54 heavy (non-hydrogen) atoms. The number of ether oxygens (including phenoxy) is 2. The Morgan fingerprint density at radius 1 is 0.926 bits per heavy atom. The molecule has 0 radical (unpaired) electrons. The normalized spacial score (nSPS) is 36.0. The molecule has 0 aromatic rings. The summed E-state index contributed by atoms with van der Waals surface area (Å²) in [4.78, 5) is 80.9. The van der Waals surface area contributed by atoms with Crippen LogP contribution in [0.15, 0.2) is 23.8 Å². The van der Waals surface area contributed by atoms with Gasteiger partial charge in [0, 0.05) is 49.7 Å². The van der Waals surface area contributed by atoms with Crippen molar-refractivity contribution >= 4 is 37.4 Å². The molecule has 4 saturated carbocycles. The number of hydrogen-bond donors (Lipinski definition) is 5. The average Bonchev–Trinajstić information content (AvgIpc) is 3.77. The van der Waals surface area contributed by atoms with Crippen molar-refractivity contribution in [2.75, 3.05) is 32.8 Å². The molecule has 15 nitrogen and oxygen atoms in total. The standard InChI is InChI=1S/C38H56N3O12P/c1-36-14-11-26(51-23-32(43)40-17-6-4-3-5-16-39-31(42)13-18-41-33(44)9-10-34(41)45)20-25(36)7-8-28-29(36)21-30(53-54(48,49)50)37(2)27(12-15-38(28,37)47)24-19-35(46)52-22-24/h9-10,19,25-30,47H,3-8,11-18,20-23H2,1-2H3,(H,39,42)(H,40,43)(H2,48,49,50). The summed E-state index contributed by atoms with van der Waals surface area (Å²) in [5.41, 5.74) is -1.71. The number of nitrogens with zero attached hydrogens (tertiary/aromatic N) is 1. The summed E-state index contributed by atoms with van der Waals surface area (Å²) in [6.07, 6.45) is 11.6. The van der Waals surface area contributed by atoms with Crippen molar-refractivity contribution < 1.29 is 57.4 Å². The van der Waals surface area contributed by atoms with E-state index in [0.717, 1.165) is 68.3 Å². The van der Waals surface area contributed by atoms with Crippen molar-refractivity contribution in [3.05, 3.63) is 23.8 Å². The molecule has 9 unspecified atom stereocenters. The van der Waals surface area contributed by atoms with Crippen LogP contribution in [0.4, 0.5) is 0 Å². The molecular formula is C38H56N3O12P. The van der Waals surface area contributed by atoms with Gasteiger partial charge in [0.15, 0.2) is 0 Å². The Hall–Kier alpha value is -2.94. The largest absolute Gasteiger partial charge is 0.469 e. The maximum absolute atomic E-state index is 12.7. The minimum atomic E-state index is -4.91. The third-order valence-corrected chi connectivity index (χ3v) is 14.5. The Labute approximate surface area is 316 Å². The second-order valence-electron chi connectivity index (χ2n) is 16.7. The Balaban J connectivity index is 0.924. The van der Waals surface area contributed by atoms with Gasteiger partial charge in [0.2, 0.25) is 11.8 Å². The molecule has 0 spiro atoms. The fourth-order valence-electron chi connectivity index (χ4n) is 11.0. The van der Waals surface area contributed by atoms with Gasteiger partial charge in [0.25, 0.3) is 11.8 Å². The topological polar surface area (TPSA) is 218 Å². The maximum Gasteiger partial charge on any atom is 0.469 e. The van der Waals surface area contributed by atoms with Gasteiger partial charge < -0.3 is 35.0 Å². The average molecular weight is 778 g/mol. The molecule has 4 aliphatic carbocycles. The van der Waals surface area contributed by atoms with Crippen molar-refractivity contribution in [1.29, 1.82) is 0 Å². The molecule has 0 aromatic carbocycles. The number of aliphatic hydroxyl groups is 1. The maximum atomic E-state index is 12.7. The van der Waals surface area contributed by atoms with Gasteiger partial charge in [-0.2, -0.15) is 0 Å². The minimum Gasteiger partial charge on any atom is -0.458 e. The predicted octanol–water partition coefficient (Wildman–Crippen LogP) is 2.82. The Morgan fingerprint density at radius 2 is 1.61 bits per heavy atom. The fourth-order valence-corrected chi connectivity index (χ4v) is 11.7. The van der Waals surface area contributed by atoms with E-state index in [2.05, 4.69) is 17.6 Å². The van der Waals surface area contributed by atoms with E-state index in [1.54, 1.807) is 0 Å². The first-order valence-corrected chi connectivity index (χ1v) is 21.1. The molecule has 6 rings (SSSR count). The van der Waals surface area contributed by atoms with Crippen LogP contribution in [0, 0.1) is 34.5 Å². The lowest BCUT2D eigenvalue weighted by Crippen LogP contribution is -2.67. The molecule has 0 saturated heterocycles. The molecule has 9 atom stereocenters. The molecule has 5 N–H and O–H groups in total. The number of hydrogen-bond acceptors (Lipinski definition) is 10. The van der Waals surface area contributed by atoms with Gasteiger partial charge >= 0.3 is 13.8 Å². The Kier molecular flexibility index (Phi) is 12.3. The summed E-state index contributed by atoms with van der Waals surface area (Å²) in [5.74, 6) is -1.78. The van der Waals surface area contributed by atoms with E-state index < -0.39 is 42.7 Å². The highest BCUT2D eigenvalue weighted by Gasteiger charge is 2.72. The van der Waals surface area contributed by atoms with E-state index in [0.29, 0.717) is 32.4 Å². The minimum absolute atomic E-state index is 0.0305. The number of phosphoric acid groups is 1. The number of unbranched alkanes of at least 4 members (excludes halogenated alkanes) is 3. The highest BCUT2D eigenvalue weighted by atomic mass is 31.2. The van der Waals surface area contributed by atoms with E-state index in [9.17, 15) is 43.4 Å². The SMILES string of the molecule is CC12CCC(OCC(=O)NCCCCCCNC(=O)CCN3C(=O)C=CC3=O)CC1CCC1C2CC(OP(=O)(O)O)C2(C)C(C3=CC(=O)OC3)CCC12O. The van der Waals surface area contributed by atoms with Crippen LogP contribution in [0.25, 0.3) is 0 Å². The first-order chi connectivity index (χ1) is 25.5. The van der Waals surface area contributed by atoms with Crippen LogP contribution in [-0.4, -0.2) is 100 Å². The second kappa shape index (κ2) is 16.3. The summed E-state index contributed by atoms with van der Waals surface area (Å²) in [6, 6.07) is 0. The molecule has 0 bridgehead atoms. The zero-order valence-corrected chi connectivity index (χ0v) is 32.2. The van der Waals surface area contributed by atoms with Gasteiger partial charge in [0.1, 0.15) is 13.2 Å². The molecule has 16 heteroatoms. The lowest BCUT2D eigenvalue weighted by atomic mass is 9.42. The van der Waals surface area contributed by atoms with Crippen LogP contribution in [0.3, 0.4) is 0 Å². The molecule has 6 aliphatic rings. The number of fused-ring (bicyclic) bond motifs is 5. The quantitative estimate of drug-likeness (QED) is 0.0662. The van der Waals surface area contributed by atoms with Crippen LogP contribution in [0.2, 0.25) is 0 Å². The van der Waals surface area contributed by atoms with Gasteiger partial charge in [-0.1, -0.05) is 26.7 Å². The van der Waals surface area contributed by atoms with Crippen LogP contribution in [0.1, 0.15) is 97.3 Å². The highest BCUT2D eigenvalue weighted by Crippen LogP contribution is 2.71. The third kappa shape index (κ3) is 8.27. The number of carbonyl (C=O) groups is 5. The number of imide groups is 1. The van der Waals surface area contributed by atoms with Gasteiger partial charge in [-0.3, -0.25) is 28.6 Å². The highest BCUT2D eigenvalue weighted by molar-refractivity contribution is 7.46. The van der Waals surface area contributed by atoms with Gasteiger partial charge in [-0.15, -0.1) is 0 Å². The number of cyclic esters (lactones) is 1. The number of carbonyl (C=O) groups excluding carboxylic acids is 5. The molecular weight excluding hydrogens is 721 g/mol. The summed E-state index contributed by atoms with van der Waals surface area (Å²) >= 11 is 0. The number of amides is 4. The first-order valence-electron chi connectivity index (χ1n) is 19.6. The molecule has 300 valence electrons. The van der Waals surface area contributed by atoms with E-state index in [4.69, 9.17) is 14.0 Å². The van der Waals surface area contributed by atoms with Crippen LogP contribution >= 0.6 is 7.82 Å². The predicted molar refractivity (Wildman–Crippen MR) is 193 cm³/mol. The van der Waals surface area contributed by atoms with Gasteiger partial charge in [0.05, 0.1) is 17.8 Å². The summed E-state index contributed by atoms with van der Waals surface area (Å²) in [5, 5.41) is 18.4. The summed E-state index contributed by atoms with van der Waals surface area (Å²) < 4.78 is 29.3. The number of esters is 1. The Morgan fingerprint density at radius 3 is 2.26 bits per heavy atom. The Bertz CT molecular complexity index is 1580. The van der Waals surface area contributed by atoms with Crippen LogP contribution in [-0.2, 0) is 42.5 Å². The zero-order chi connectivity index (χ0) is 38.9. The number of phosphoric ester groups is 1. The van der Waals surface area contributed by atoms with Crippen molar-refractivity contribution in [2.45, 2.75) is 115 Å². The molecule has 4 fully saturated rings. The molecule has 4 amide bonds. The molecule has 2 heterocycles. The summed E-state index contributed by atoms with van der Waals surface area (Å²) in [7, 11) is -4.91. The van der Waals surface area contributed by atoms with Crippen molar-refractivity contribution in [2.24, 2.45) is 34.5 Å². The zero-order valence-electron chi connectivity index (χ0n) is 31.3. The monoisotopic (exact) mass is 777 g/mol. The molecule has 2 aliphatic heterocycles. The third-order valence-electron chi connectivity index (χ3n) is 13.9.